The van der Waals surface area contributed by atoms with Gasteiger partial charge >= 0.3 is 0 Å². The van der Waals surface area contributed by atoms with E-state index in [-0.39, 0.29) is 12.5 Å². The van der Waals surface area contributed by atoms with Crippen LogP contribution in [-0.4, -0.2) is 24.2 Å². The van der Waals surface area contributed by atoms with Gasteiger partial charge in [0.1, 0.15) is 0 Å². The molecule has 4 nitrogen and oxygen atoms in total. The lowest BCUT2D eigenvalue weighted by molar-refractivity contribution is -0.116. The Balaban J connectivity index is 2.35. The maximum atomic E-state index is 11.5. The van der Waals surface area contributed by atoms with Gasteiger partial charge in [0, 0.05) is 19.2 Å². The standard InChI is InChI=1S/C15H18N2O2/c16-12-14-6-4-5-13(11-14)7-8-15(19)17-9-2-1-3-10-18/h4-8,11,18H,1-3,9-10H2,(H,17,19)/b8-7+. The van der Waals surface area contributed by atoms with Crippen LogP contribution in [0, 0.1) is 11.3 Å². The quantitative estimate of drug-likeness (QED) is 0.579. The Morgan fingerprint density at radius 1 is 1.37 bits per heavy atom. The van der Waals surface area contributed by atoms with Gasteiger partial charge in [-0.05, 0) is 43.0 Å². The predicted molar refractivity (Wildman–Crippen MR) is 74.1 cm³/mol. The molecule has 4 heteroatoms. The van der Waals surface area contributed by atoms with E-state index >= 15 is 0 Å². The maximum absolute atomic E-state index is 11.5. The smallest absolute Gasteiger partial charge is 0.243 e. The van der Waals surface area contributed by atoms with E-state index in [1.54, 1.807) is 24.3 Å². The minimum Gasteiger partial charge on any atom is -0.396 e. The summed E-state index contributed by atoms with van der Waals surface area (Å²) in [6.07, 6.45) is 5.69. The number of aliphatic hydroxyl groups is 1. The molecule has 0 saturated heterocycles. The summed E-state index contributed by atoms with van der Waals surface area (Å²) in [5.41, 5.74) is 1.40. The van der Waals surface area contributed by atoms with Crippen molar-refractivity contribution in [1.82, 2.24) is 5.32 Å². The van der Waals surface area contributed by atoms with Gasteiger partial charge in [-0.3, -0.25) is 4.79 Å². The number of amides is 1. The average Bonchev–Trinajstić information content (AvgIpc) is 2.45. The minimum atomic E-state index is -0.147. The van der Waals surface area contributed by atoms with Gasteiger partial charge in [-0.1, -0.05) is 12.1 Å². The van der Waals surface area contributed by atoms with Gasteiger partial charge in [-0.2, -0.15) is 5.26 Å². The summed E-state index contributed by atoms with van der Waals surface area (Å²) in [5.74, 6) is -0.147. The Morgan fingerprint density at radius 3 is 2.95 bits per heavy atom. The molecule has 1 aromatic rings. The highest BCUT2D eigenvalue weighted by atomic mass is 16.2. The summed E-state index contributed by atoms with van der Waals surface area (Å²) >= 11 is 0. The molecular formula is C15H18N2O2. The molecule has 0 aromatic heterocycles. The third-order valence-corrected chi connectivity index (χ3v) is 2.58. The van der Waals surface area contributed by atoms with E-state index in [0.717, 1.165) is 24.8 Å². The molecule has 2 N–H and O–H groups in total. The van der Waals surface area contributed by atoms with Crippen molar-refractivity contribution in [3.05, 3.63) is 41.5 Å². The first-order chi connectivity index (χ1) is 9.26. The minimum absolute atomic E-state index is 0.147. The van der Waals surface area contributed by atoms with Gasteiger partial charge in [0.15, 0.2) is 0 Å². The molecule has 0 saturated carbocycles. The Morgan fingerprint density at radius 2 is 2.21 bits per heavy atom. The summed E-state index contributed by atoms with van der Waals surface area (Å²) in [6, 6.07) is 9.12. The monoisotopic (exact) mass is 258 g/mol. The molecule has 0 fully saturated rings. The first-order valence-corrected chi connectivity index (χ1v) is 6.33. The number of hydrogen-bond donors (Lipinski definition) is 2. The number of aliphatic hydroxyl groups excluding tert-OH is 1. The molecule has 0 radical (unpaired) electrons. The van der Waals surface area contributed by atoms with Crippen LogP contribution in [0.2, 0.25) is 0 Å². The Labute approximate surface area is 113 Å². The second-order valence-corrected chi connectivity index (χ2v) is 4.15. The number of unbranched alkanes of at least 4 members (excludes halogenated alkanes) is 2. The highest BCUT2D eigenvalue weighted by Gasteiger charge is 1.96. The zero-order valence-corrected chi connectivity index (χ0v) is 10.8. The van der Waals surface area contributed by atoms with Crippen molar-refractivity contribution in [3.63, 3.8) is 0 Å². The number of hydrogen-bond acceptors (Lipinski definition) is 3. The first-order valence-electron chi connectivity index (χ1n) is 6.33. The van der Waals surface area contributed by atoms with Crippen molar-refractivity contribution in [3.8, 4) is 6.07 Å². The fourth-order valence-corrected chi connectivity index (χ4v) is 1.57. The van der Waals surface area contributed by atoms with Gasteiger partial charge in [0.2, 0.25) is 5.91 Å². The van der Waals surface area contributed by atoms with Crippen LogP contribution in [0.4, 0.5) is 0 Å². The average molecular weight is 258 g/mol. The summed E-state index contributed by atoms with van der Waals surface area (Å²) in [6.45, 7) is 0.810. The highest BCUT2D eigenvalue weighted by Crippen LogP contribution is 2.05. The fourth-order valence-electron chi connectivity index (χ4n) is 1.57. The summed E-state index contributed by atoms with van der Waals surface area (Å²) in [7, 11) is 0. The van der Waals surface area contributed by atoms with Crippen LogP contribution in [0.15, 0.2) is 30.3 Å². The topological polar surface area (TPSA) is 73.1 Å². The van der Waals surface area contributed by atoms with Crippen LogP contribution in [0.3, 0.4) is 0 Å². The van der Waals surface area contributed by atoms with E-state index in [4.69, 9.17) is 10.4 Å². The summed E-state index contributed by atoms with van der Waals surface area (Å²) in [5, 5.41) is 20.1. The number of nitrogens with zero attached hydrogens (tertiary/aromatic N) is 1. The molecule has 0 unspecified atom stereocenters. The lowest BCUT2D eigenvalue weighted by Gasteiger charge is -2.01. The highest BCUT2D eigenvalue weighted by molar-refractivity contribution is 5.91. The van der Waals surface area contributed by atoms with Gasteiger partial charge in [-0.25, -0.2) is 0 Å². The maximum Gasteiger partial charge on any atom is 0.243 e. The molecule has 1 aromatic carbocycles. The molecule has 0 aliphatic carbocycles. The second kappa shape index (κ2) is 8.90. The number of rotatable bonds is 7. The summed E-state index contributed by atoms with van der Waals surface area (Å²) < 4.78 is 0. The molecule has 0 aliphatic rings. The van der Waals surface area contributed by atoms with Crippen LogP contribution in [0.5, 0.6) is 0 Å². The predicted octanol–water partition coefficient (Wildman–Crippen LogP) is 1.85. The zero-order chi connectivity index (χ0) is 13.9. The Bertz CT molecular complexity index is 475. The molecule has 1 amide bonds. The lowest BCUT2D eigenvalue weighted by atomic mass is 10.1. The Kier molecular flexibility index (Phi) is 7.00. The van der Waals surface area contributed by atoms with Crippen molar-refractivity contribution in [1.29, 1.82) is 5.26 Å². The van der Waals surface area contributed by atoms with Crippen molar-refractivity contribution < 1.29 is 9.90 Å². The van der Waals surface area contributed by atoms with Crippen molar-refractivity contribution in [2.24, 2.45) is 0 Å². The third-order valence-electron chi connectivity index (χ3n) is 2.58. The van der Waals surface area contributed by atoms with Crippen molar-refractivity contribution >= 4 is 12.0 Å². The SMILES string of the molecule is N#Cc1cccc(/C=C/C(=O)NCCCCCO)c1. The molecule has 0 heterocycles. The largest absolute Gasteiger partial charge is 0.396 e. The van der Waals surface area contributed by atoms with Crippen LogP contribution >= 0.6 is 0 Å². The summed E-state index contributed by atoms with van der Waals surface area (Å²) in [4.78, 5) is 11.5. The first kappa shape index (κ1) is 14.9. The molecule has 0 aliphatic heterocycles. The van der Waals surface area contributed by atoms with Gasteiger partial charge in [0.25, 0.3) is 0 Å². The molecule has 1 rings (SSSR count). The Hall–Kier alpha value is -2.12. The van der Waals surface area contributed by atoms with Crippen LogP contribution in [0.25, 0.3) is 6.08 Å². The van der Waals surface area contributed by atoms with E-state index in [9.17, 15) is 4.79 Å². The van der Waals surface area contributed by atoms with Gasteiger partial charge in [-0.15, -0.1) is 0 Å². The van der Waals surface area contributed by atoms with Gasteiger partial charge in [0.05, 0.1) is 11.6 Å². The third kappa shape index (κ3) is 6.39. The van der Waals surface area contributed by atoms with Crippen LogP contribution in [0.1, 0.15) is 30.4 Å². The molecule has 0 atom stereocenters. The number of benzene rings is 1. The van der Waals surface area contributed by atoms with Gasteiger partial charge < -0.3 is 10.4 Å². The molecule has 0 spiro atoms. The van der Waals surface area contributed by atoms with Crippen LogP contribution in [-0.2, 0) is 4.79 Å². The number of carbonyl (C=O) groups is 1. The number of carbonyl (C=O) groups excluding carboxylic acids is 1. The van der Waals surface area contributed by atoms with E-state index < -0.39 is 0 Å². The zero-order valence-electron chi connectivity index (χ0n) is 10.8. The van der Waals surface area contributed by atoms with Crippen LogP contribution < -0.4 is 5.32 Å². The van der Waals surface area contributed by atoms with E-state index in [1.165, 1.54) is 6.08 Å². The molecular weight excluding hydrogens is 240 g/mol. The normalized spacial score (nSPS) is 10.3. The van der Waals surface area contributed by atoms with Crippen molar-refractivity contribution in [2.75, 3.05) is 13.2 Å². The van der Waals surface area contributed by atoms with E-state index in [2.05, 4.69) is 11.4 Å². The number of nitrogens with one attached hydrogen (secondary N) is 1. The fraction of sp³-hybridized carbons (Fsp3) is 0.333. The molecule has 100 valence electrons. The second-order valence-electron chi connectivity index (χ2n) is 4.15. The lowest BCUT2D eigenvalue weighted by Crippen LogP contribution is -2.22. The van der Waals surface area contributed by atoms with Crippen molar-refractivity contribution in [2.45, 2.75) is 19.3 Å². The molecule has 0 bridgehead atoms. The van der Waals surface area contributed by atoms with E-state index in [0.29, 0.717) is 12.1 Å². The molecule has 19 heavy (non-hydrogen) atoms. The number of nitriles is 1. The van der Waals surface area contributed by atoms with E-state index in [1.807, 2.05) is 6.07 Å².